The third-order valence-electron chi connectivity index (χ3n) is 4.06. The Morgan fingerprint density at radius 3 is 2.15 bits per heavy atom. The zero-order chi connectivity index (χ0) is 18.4. The molecule has 4 rings (SSSR count). The van der Waals surface area contributed by atoms with Crippen LogP contribution >= 0.6 is 11.6 Å². The maximum absolute atomic E-state index is 13.9. The molecule has 0 aromatic heterocycles. The Kier molecular flexibility index (Phi) is 3.70. The standard InChI is InChI=1S/C19H9ClFNO4/c20-11-7-8-12(15(21)9-11)19(25)26-22-17(23)13-5-1-3-10-4-2-6-14(16(10)13)18(22)24/h1-9H. The van der Waals surface area contributed by atoms with E-state index in [-0.39, 0.29) is 16.1 Å². The minimum absolute atomic E-state index is 0.102. The predicted octanol–water partition coefficient (Wildman–Crippen LogP) is 4.00. The van der Waals surface area contributed by atoms with Crippen molar-refractivity contribution >= 4 is 40.2 Å². The predicted molar refractivity (Wildman–Crippen MR) is 91.3 cm³/mol. The van der Waals surface area contributed by atoms with E-state index in [2.05, 4.69) is 0 Å². The molecule has 0 atom stereocenters. The summed E-state index contributed by atoms with van der Waals surface area (Å²) in [6, 6.07) is 13.3. The van der Waals surface area contributed by atoms with E-state index in [4.69, 9.17) is 16.4 Å². The second-order valence-electron chi connectivity index (χ2n) is 5.62. The molecule has 0 N–H and O–H groups in total. The van der Waals surface area contributed by atoms with Crippen LogP contribution in [-0.4, -0.2) is 22.8 Å². The lowest BCUT2D eigenvalue weighted by molar-refractivity contribution is -0.0623. The largest absolute Gasteiger partial charge is 0.366 e. The number of hydroxylamine groups is 2. The van der Waals surface area contributed by atoms with E-state index in [0.29, 0.717) is 10.4 Å². The first-order valence-corrected chi connectivity index (χ1v) is 7.93. The molecule has 0 saturated carbocycles. The lowest BCUT2D eigenvalue weighted by Crippen LogP contribution is -2.41. The summed E-state index contributed by atoms with van der Waals surface area (Å²) in [5.41, 5.74) is 0.0104. The quantitative estimate of drug-likeness (QED) is 0.640. The number of hydrogen-bond acceptors (Lipinski definition) is 4. The van der Waals surface area contributed by atoms with Crippen molar-refractivity contribution in [1.29, 1.82) is 0 Å². The topological polar surface area (TPSA) is 63.7 Å². The van der Waals surface area contributed by atoms with E-state index in [1.165, 1.54) is 18.2 Å². The Morgan fingerprint density at radius 1 is 0.962 bits per heavy atom. The summed E-state index contributed by atoms with van der Waals surface area (Å²) in [6.45, 7) is 0. The van der Waals surface area contributed by atoms with Crippen LogP contribution < -0.4 is 0 Å². The number of carbonyl (C=O) groups excluding carboxylic acids is 3. The Morgan fingerprint density at radius 2 is 1.58 bits per heavy atom. The number of nitrogens with zero attached hydrogens (tertiary/aromatic N) is 1. The van der Waals surface area contributed by atoms with Crippen LogP contribution in [0.1, 0.15) is 31.1 Å². The summed E-state index contributed by atoms with van der Waals surface area (Å²) in [6.07, 6.45) is 0. The SMILES string of the molecule is O=C(ON1C(=O)c2cccc3cccc(c23)C1=O)c1ccc(Cl)cc1F. The number of halogens is 2. The van der Waals surface area contributed by atoms with Gasteiger partial charge in [-0.2, -0.15) is 0 Å². The van der Waals surface area contributed by atoms with E-state index in [9.17, 15) is 18.8 Å². The van der Waals surface area contributed by atoms with Gasteiger partial charge in [-0.1, -0.05) is 40.9 Å². The molecule has 3 aromatic carbocycles. The van der Waals surface area contributed by atoms with E-state index in [1.807, 2.05) is 0 Å². The van der Waals surface area contributed by atoms with Crippen molar-refractivity contribution in [2.75, 3.05) is 0 Å². The van der Waals surface area contributed by atoms with Crippen LogP contribution in [0.4, 0.5) is 4.39 Å². The van der Waals surface area contributed by atoms with Gasteiger partial charge in [0.1, 0.15) is 5.82 Å². The first-order valence-electron chi connectivity index (χ1n) is 7.55. The van der Waals surface area contributed by atoms with Gasteiger partial charge in [0.2, 0.25) is 0 Å². The zero-order valence-electron chi connectivity index (χ0n) is 13.0. The van der Waals surface area contributed by atoms with Crippen molar-refractivity contribution in [3.05, 3.63) is 82.1 Å². The van der Waals surface area contributed by atoms with Crippen molar-refractivity contribution in [1.82, 2.24) is 5.06 Å². The molecule has 26 heavy (non-hydrogen) atoms. The molecule has 128 valence electrons. The number of carbonyl (C=O) groups is 3. The van der Waals surface area contributed by atoms with Gasteiger partial charge in [-0.05, 0) is 35.7 Å². The molecule has 0 unspecified atom stereocenters. The average molecular weight is 370 g/mol. The fraction of sp³-hybridized carbons (Fsp3) is 0. The van der Waals surface area contributed by atoms with Gasteiger partial charge >= 0.3 is 5.97 Å². The molecule has 7 heteroatoms. The zero-order valence-corrected chi connectivity index (χ0v) is 13.8. The molecular formula is C19H9ClFNO4. The monoisotopic (exact) mass is 369 g/mol. The number of benzene rings is 3. The minimum atomic E-state index is -1.17. The van der Waals surface area contributed by atoms with Crippen molar-refractivity contribution < 1.29 is 23.6 Å². The minimum Gasteiger partial charge on any atom is -0.324 e. The van der Waals surface area contributed by atoms with Gasteiger partial charge in [0, 0.05) is 10.4 Å². The van der Waals surface area contributed by atoms with E-state index >= 15 is 0 Å². The van der Waals surface area contributed by atoms with Gasteiger partial charge in [-0.25, -0.2) is 9.18 Å². The van der Waals surface area contributed by atoms with Crippen LogP contribution in [0.5, 0.6) is 0 Å². The van der Waals surface area contributed by atoms with Crippen LogP contribution in [0.3, 0.4) is 0 Å². The van der Waals surface area contributed by atoms with Crippen LogP contribution in [0.2, 0.25) is 5.02 Å². The van der Waals surface area contributed by atoms with Gasteiger partial charge in [0.25, 0.3) is 11.8 Å². The Hall–Kier alpha value is -3.25. The Bertz CT molecular complexity index is 1060. The summed E-state index contributed by atoms with van der Waals surface area (Å²) in [5, 5.41) is 1.67. The number of rotatable bonds is 2. The summed E-state index contributed by atoms with van der Waals surface area (Å²) in [4.78, 5) is 42.4. The maximum atomic E-state index is 13.9. The van der Waals surface area contributed by atoms with Crippen LogP contribution in [0.25, 0.3) is 10.8 Å². The summed E-state index contributed by atoms with van der Waals surface area (Å²) < 4.78 is 13.9. The molecular weight excluding hydrogens is 361 g/mol. The maximum Gasteiger partial charge on any atom is 0.366 e. The van der Waals surface area contributed by atoms with E-state index in [1.54, 1.807) is 24.3 Å². The molecule has 2 amide bonds. The lowest BCUT2D eigenvalue weighted by atomic mass is 9.95. The highest BCUT2D eigenvalue weighted by Crippen LogP contribution is 2.30. The molecule has 1 aliphatic rings. The third kappa shape index (κ3) is 2.43. The van der Waals surface area contributed by atoms with Crippen molar-refractivity contribution in [2.24, 2.45) is 0 Å². The molecule has 3 aromatic rings. The van der Waals surface area contributed by atoms with E-state index < -0.39 is 29.2 Å². The number of amides is 2. The highest BCUT2D eigenvalue weighted by Gasteiger charge is 2.36. The van der Waals surface area contributed by atoms with Crippen LogP contribution in [0, 0.1) is 5.82 Å². The van der Waals surface area contributed by atoms with Crippen molar-refractivity contribution in [3.8, 4) is 0 Å². The van der Waals surface area contributed by atoms with E-state index in [0.717, 1.165) is 17.5 Å². The highest BCUT2D eigenvalue weighted by molar-refractivity contribution is 6.30. The van der Waals surface area contributed by atoms with Gasteiger partial charge in [0.15, 0.2) is 0 Å². The highest BCUT2D eigenvalue weighted by atomic mass is 35.5. The normalized spacial score (nSPS) is 13.2. The Balaban J connectivity index is 1.74. The fourth-order valence-electron chi connectivity index (χ4n) is 2.88. The molecule has 0 spiro atoms. The van der Waals surface area contributed by atoms with Gasteiger partial charge in [-0.15, -0.1) is 0 Å². The van der Waals surface area contributed by atoms with Crippen LogP contribution in [0.15, 0.2) is 54.6 Å². The first-order chi connectivity index (χ1) is 12.5. The number of hydrogen-bond donors (Lipinski definition) is 0. The second-order valence-corrected chi connectivity index (χ2v) is 6.05. The average Bonchev–Trinajstić information content (AvgIpc) is 2.63. The molecule has 0 bridgehead atoms. The van der Waals surface area contributed by atoms with Crippen LogP contribution in [-0.2, 0) is 4.84 Å². The van der Waals surface area contributed by atoms with Gasteiger partial charge < -0.3 is 4.84 Å². The molecule has 0 fully saturated rings. The first kappa shape index (κ1) is 16.2. The lowest BCUT2D eigenvalue weighted by Gasteiger charge is -2.25. The molecule has 5 nitrogen and oxygen atoms in total. The molecule has 1 heterocycles. The fourth-order valence-corrected chi connectivity index (χ4v) is 3.04. The Labute approximate surface area is 151 Å². The number of imide groups is 1. The van der Waals surface area contributed by atoms with Gasteiger partial charge in [-0.3, -0.25) is 9.59 Å². The molecule has 0 aliphatic carbocycles. The molecule has 0 saturated heterocycles. The van der Waals surface area contributed by atoms with Crippen molar-refractivity contribution in [3.63, 3.8) is 0 Å². The summed E-state index contributed by atoms with van der Waals surface area (Å²) >= 11 is 5.65. The smallest absolute Gasteiger partial charge is 0.324 e. The second kappa shape index (κ2) is 5.93. The molecule has 0 radical (unpaired) electrons. The summed E-state index contributed by atoms with van der Waals surface area (Å²) in [5.74, 6) is -3.67. The third-order valence-corrected chi connectivity index (χ3v) is 4.29. The van der Waals surface area contributed by atoms with Crippen molar-refractivity contribution in [2.45, 2.75) is 0 Å². The summed E-state index contributed by atoms with van der Waals surface area (Å²) in [7, 11) is 0. The van der Waals surface area contributed by atoms with Gasteiger partial charge in [0.05, 0.1) is 16.7 Å². The molecule has 1 aliphatic heterocycles.